The van der Waals surface area contributed by atoms with Crippen molar-refractivity contribution >= 4 is 11.6 Å². The number of amides is 1. The van der Waals surface area contributed by atoms with E-state index in [-0.39, 0.29) is 5.91 Å². The first-order valence-electron chi connectivity index (χ1n) is 7.90. The lowest BCUT2D eigenvalue weighted by Gasteiger charge is -2.21. The Morgan fingerprint density at radius 1 is 1.15 bits per heavy atom. The third-order valence-electron chi connectivity index (χ3n) is 5.27. The minimum Gasteiger partial charge on any atom is -0.326 e. The van der Waals surface area contributed by atoms with Crippen LogP contribution in [-0.2, 0) is 4.79 Å². The summed E-state index contributed by atoms with van der Waals surface area (Å²) < 4.78 is 0. The second kappa shape index (κ2) is 5.23. The van der Waals surface area contributed by atoms with E-state index in [1.54, 1.807) is 0 Å². The van der Waals surface area contributed by atoms with E-state index < -0.39 is 0 Å². The highest BCUT2D eigenvalue weighted by atomic mass is 16.1. The molecule has 0 spiro atoms. The fourth-order valence-corrected chi connectivity index (χ4v) is 4.43. The molecular formula is C18H25NO. The van der Waals surface area contributed by atoms with Crippen molar-refractivity contribution in [3.8, 4) is 0 Å². The van der Waals surface area contributed by atoms with Crippen LogP contribution in [0.5, 0.6) is 0 Å². The average Bonchev–Trinajstić information content (AvgIpc) is 2.95. The van der Waals surface area contributed by atoms with Crippen molar-refractivity contribution in [1.82, 2.24) is 0 Å². The number of rotatable bonds is 3. The van der Waals surface area contributed by atoms with Gasteiger partial charge in [-0.25, -0.2) is 0 Å². The van der Waals surface area contributed by atoms with Crippen molar-refractivity contribution in [2.24, 2.45) is 17.8 Å². The van der Waals surface area contributed by atoms with E-state index in [9.17, 15) is 4.79 Å². The van der Waals surface area contributed by atoms with Gasteiger partial charge in [-0.05, 0) is 68.9 Å². The topological polar surface area (TPSA) is 29.1 Å². The van der Waals surface area contributed by atoms with Gasteiger partial charge in [0.25, 0.3) is 0 Å². The van der Waals surface area contributed by atoms with Crippen LogP contribution < -0.4 is 5.32 Å². The summed E-state index contributed by atoms with van der Waals surface area (Å²) in [6, 6.07) is 4.28. The summed E-state index contributed by atoms with van der Waals surface area (Å²) in [6.07, 6.45) is 6.13. The van der Waals surface area contributed by atoms with Gasteiger partial charge in [0, 0.05) is 12.1 Å². The molecule has 2 aliphatic rings. The number of aryl methyl sites for hydroxylation is 3. The number of benzene rings is 1. The van der Waals surface area contributed by atoms with E-state index in [2.05, 4.69) is 38.2 Å². The van der Waals surface area contributed by atoms with Crippen molar-refractivity contribution in [3.63, 3.8) is 0 Å². The van der Waals surface area contributed by atoms with E-state index in [0.717, 1.165) is 17.5 Å². The summed E-state index contributed by atoms with van der Waals surface area (Å²) in [7, 11) is 0. The first-order chi connectivity index (χ1) is 9.52. The number of fused-ring (bicyclic) bond motifs is 2. The highest BCUT2D eigenvalue weighted by molar-refractivity contribution is 5.92. The molecule has 0 saturated heterocycles. The number of carbonyl (C=O) groups excluding carboxylic acids is 1. The van der Waals surface area contributed by atoms with E-state index >= 15 is 0 Å². The van der Waals surface area contributed by atoms with Crippen LogP contribution in [0.15, 0.2) is 12.1 Å². The minimum absolute atomic E-state index is 0.206. The SMILES string of the molecule is Cc1cc(C)c(NC(=O)C[C@H]2C[C@@H]3CC[C@@H]2C3)c(C)c1. The quantitative estimate of drug-likeness (QED) is 0.868. The lowest BCUT2D eigenvalue weighted by molar-refractivity contribution is -0.117. The van der Waals surface area contributed by atoms with E-state index in [1.165, 1.54) is 42.4 Å². The molecule has 20 heavy (non-hydrogen) atoms. The molecule has 2 heteroatoms. The van der Waals surface area contributed by atoms with Crippen LogP contribution in [-0.4, -0.2) is 5.91 Å². The second-order valence-corrected chi connectivity index (χ2v) is 6.96. The summed E-state index contributed by atoms with van der Waals surface area (Å²) in [5, 5.41) is 3.15. The summed E-state index contributed by atoms with van der Waals surface area (Å²) in [5.41, 5.74) is 4.61. The molecule has 3 atom stereocenters. The molecule has 0 aliphatic heterocycles. The maximum absolute atomic E-state index is 12.3. The monoisotopic (exact) mass is 271 g/mol. The molecule has 1 aromatic carbocycles. The molecule has 2 nitrogen and oxygen atoms in total. The van der Waals surface area contributed by atoms with Crippen molar-refractivity contribution < 1.29 is 4.79 Å². The molecule has 0 radical (unpaired) electrons. The molecule has 1 aromatic rings. The normalized spacial score (nSPS) is 27.9. The van der Waals surface area contributed by atoms with Gasteiger partial charge in [-0.3, -0.25) is 4.79 Å². The third-order valence-corrected chi connectivity index (χ3v) is 5.27. The molecule has 1 N–H and O–H groups in total. The number of carbonyl (C=O) groups is 1. The third kappa shape index (κ3) is 2.61. The fourth-order valence-electron chi connectivity index (χ4n) is 4.43. The van der Waals surface area contributed by atoms with Gasteiger partial charge in [-0.15, -0.1) is 0 Å². The lowest BCUT2D eigenvalue weighted by atomic mass is 9.86. The molecule has 3 rings (SSSR count). The summed E-state index contributed by atoms with van der Waals surface area (Å²) in [5.74, 6) is 2.59. The maximum atomic E-state index is 12.3. The highest BCUT2D eigenvalue weighted by Gasteiger charge is 2.40. The molecule has 2 saturated carbocycles. The fraction of sp³-hybridized carbons (Fsp3) is 0.611. The predicted octanol–water partition coefficient (Wildman–Crippen LogP) is 4.38. The van der Waals surface area contributed by atoms with Crippen LogP contribution >= 0.6 is 0 Å². The van der Waals surface area contributed by atoms with Crippen LogP contribution in [0.25, 0.3) is 0 Å². The largest absolute Gasteiger partial charge is 0.326 e. The van der Waals surface area contributed by atoms with Gasteiger partial charge in [-0.1, -0.05) is 24.1 Å². The molecule has 2 aliphatic carbocycles. The zero-order valence-electron chi connectivity index (χ0n) is 12.8. The molecule has 0 heterocycles. The molecule has 1 amide bonds. The molecule has 0 unspecified atom stereocenters. The Morgan fingerprint density at radius 3 is 2.40 bits per heavy atom. The van der Waals surface area contributed by atoms with Gasteiger partial charge < -0.3 is 5.32 Å². The first kappa shape index (κ1) is 13.7. The van der Waals surface area contributed by atoms with Gasteiger partial charge in [0.2, 0.25) is 5.91 Å². The Hall–Kier alpha value is -1.31. The van der Waals surface area contributed by atoms with Gasteiger partial charge in [0.15, 0.2) is 0 Å². The predicted molar refractivity (Wildman–Crippen MR) is 82.8 cm³/mol. The Bertz CT molecular complexity index is 511. The second-order valence-electron chi connectivity index (χ2n) is 6.96. The van der Waals surface area contributed by atoms with Gasteiger partial charge in [0.1, 0.15) is 0 Å². The Morgan fingerprint density at radius 2 is 1.85 bits per heavy atom. The molecule has 2 fully saturated rings. The summed E-state index contributed by atoms with van der Waals surface area (Å²) in [6.45, 7) is 6.25. The maximum Gasteiger partial charge on any atom is 0.224 e. The number of hydrogen-bond donors (Lipinski definition) is 1. The lowest BCUT2D eigenvalue weighted by Crippen LogP contribution is -2.21. The van der Waals surface area contributed by atoms with Gasteiger partial charge >= 0.3 is 0 Å². The van der Waals surface area contributed by atoms with Crippen LogP contribution in [0.2, 0.25) is 0 Å². The van der Waals surface area contributed by atoms with Crippen molar-refractivity contribution in [2.75, 3.05) is 5.32 Å². The van der Waals surface area contributed by atoms with Crippen LogP contribution in [0.4, 0.5) is 5.69 Å². The highest BCUT2D eigenvalue weighted by Crippen LogP contribution is 2.49. The molecular weight excluding hydrogens is 246 g/mol. The molecule has 2 bridgehead atoms. The Balaban J connectivity index is 1.65. The number of nitrogens with one attached hydrogen (secondary N) is 1. The van der Waals surface area contributed by atoms with Crippen LogP contribution in [0.1, 0.15) is 48.8 Å². The minimum atomic E-state index is 0.206. The van der Waals surface area contributed by atoms with E-state index in [0.29, 0.717) is 12.3 Å². The van der Waals surface area contributed by atoms with E-state index in [4.69, 9.17) is 0 Å². The standard InChI is InChI=1S/C18H25NO/c1-11-6-12(2)18(13(3)7-11)19-17(20)10-16-9-14-4-5-15(16)8-14/h6-7,14-16H,4-5,8-10H2,1-3H3,(H,19,20)/t14-,15-,16-/m1/s1. The van der Waals surface area contributed by atoms with Crippen molar-refractivity contribution in [2.45, 2.75) is 52.9 Å². The van der Waals surface area contributed by atoms with Crippen molar-refractivity contribution in [1.29, 1.82) is 0 Å². The van der Waals surface area contributed by atoms with Gasteiger partial charge in [-0.2, -0.15) is 0 Å². The smallest absolute Gasteiger partial charge is 0.224 e. The molecule has 108 valence electrons. The summed E-state index contributed by atoms with van der Waals surface area (Å²) >= 11 is 0. The average molecular weight is 271 g/mol. The Labute approximate surface area is 122 Å². The van der Waals surface area contributed by atoms with Gasteiger partial charge in [0.05, 0.1) is 0 Å². The zero-order chi connectivity index (χ0) is 14.3. The number of anilines is 1. The van der Waals surface area contributed by atoms with Crippen LogP contribution in [0.3, 0.4) is 0 Å². The number of hydrogen-bond acceptors (Lipinski definition) is 1. The Kier molecular flexibility index (Phi) is 3.57. The van der Waals surface area contributed by atoms with Crippen LogP contribution in [0, 0.1) is 38.5 Å². The zero-order valence-corrected chi connectivity index (χ0v) is 12.8. The van der Waals surface area contributed by atoms with Crippen molar-refractivity contribution in [3.05, 3.63) is 28.8 Å². The molecule has 0 aromatic heterocycles. The first-order valence-corrected chi connectivity index (χ1v) is 7.90. The summed E-state index contributed by atoms with van der Waals surface area (Å²) in [4.78, 5) is 12.3. The van der Waals surface area contributed by atoms with E-state index in [1.807, 2.05) is 0 Å².